The van der Waals surface area contributed by atoms with Crippen LogP contribution in [0.25, 0.3) is 0 Å². The number of Topliss-reactive ketones (excluding diaryl/α,β-unsaturated/α-hetero) is 1. The van der Waals surface area contributed by atoms with Crippen molar-refractivity contribution in [1.82, 2.24) is 10.6 Å². The molecule has 2 atom stereocenters. The molecule has 0 bridgehead atoms. The lowest BCUT2D eigenvalue weighted by atomic mass is 10.0. The first-order chi connectivity index (χ1) is 18.9. The number of benzene rings is 3. The summed E-state index contributed by atoms with van der Waals surface area (Å²) in [6.07, 6.45) is 1.40. The van der Waals surface area contributed by atoms with Crippen molar-refractivity contribution >= 4 is 17.6 Å². The van der Waals surface area contributed by atoms with E-state index in [-0.39, 0.29) is 36.5 Å². The van der Waals surface area contributed by atoms with Gasteiger partial charge in [0.05, 0.1) is 24.8 Å². The first-order valence-corrected chi connectivity index (χ1v) is 13.2. The monoisotopic (exact) mass is 525 g/mol. The van der Waals surface area contributed by atoms with E-state index in [1.54, 1.807) is 24.3 Å². The van der Waals surface area contributed by atoms with Crippen LogP contribution in [0, 0.1) is 17.2 Å². The third kappa shape index (κ3) is 10.5. The topological polar surface area (TPSA) is 108 Å². The number of ketones is 1. The molecule has 39 heavy (non-hydrogen) atoms. The van der Waals surface area contributed by atoms with E-state index in [0.29, 0.717) is 43.5 Å². The Hall–Kier alpha value is -4.28. The van der Waals surface area contributed by atoms with Gasteiger partial charge in [0.25, 0.3) is 5.91 Å². The minimum Gasteiger partial charge on any atom is -0.366 e. The van der Waals surface area contributed by atoms with Gasteiger partial charge in [-0.05, 0) is 54.5 Å². The van der Waals surface area contributed by atoms with Crippen molar-refractivity contribution in [2.24, 2.45) is 5.92 Å². The molecule has 0 spiro atoms. The van der Waals surface area contributed by atoms with Crippen LogP contribution in [0.1, 0.15) is 53.2 Å². The summed E-state index contributed by atoms with van der Waals surface area (Å²) in [5, 5.41) is 14.6. The Bertz CT molecular complexity index is 1210. The van der Waals surface area contributed by atoms with Gasteiger partial charge in [-0.1, -0.05) is 73.7 Å². The second-order valence-corrected chi connectivity index (χ2v) is 9.60. The molecular formula is C32H35N3O4. The zero-order valence-electron chi connectivity index (χ0n) is 22.3. The fourth-order valence-electron chi connectivity index (χ4n) is 4.02. The molecular weight excluding hydrogens is 490 g/mol. The average molecular weight is 526 g/mol. The summed E-state index contributed by atoms with van der Waals surface area (Å²) in [6.45, 7) is 2.58. The van der Waals surface area contributed by atoms with Crippen molar-refractivity contribution in [3.05, 3.63) is 107 Å². The van der Waals surface area contributed by atoms with Gasteiger partial charge in [-0.15, -0.1) is 0 Å². The van der Waals surface area contributed by atoms with Gasteiger partial charge in [0.15, 0.2) is 5.78 Å². The van der Waals surface area contributed by atoms with Gasteiger partial charge < -0.3 is 15.4 Å². The number of nitrogens with zero attached hydrogens (tertiary/aromatic N) is 1. The summed E-state index contributed by atoms with van der Waals surface area (Å²) in [5.74, 6) is -0.573. The van der Waals surface area contributed by atoms with Crippen molar-refractivity contribution in [1.29, 1.82) is 5.26 Å². The van der Waals surface area contributed by atoms with Gasteiger partial charge in [0, 0.05) is 18.5 Å². The number of carbonyl (C=O) groups excluding carboxylic acids is 3. The highest BCUT2D eigenvalue weighted by Crippen LogP contribution is 2.12. The van der Waals surface area contributed by atoms with Crippen molar-refractivity contribution in [2.45, 2.75) is 45.3 Å². The van der Waals surface area contributed by atoms with Crippen molar-refractivity contribution < 1.29 is 19.1 Å². The molecule has 202 valence electrons. The van der Waals surface area contributed by atoms with Crippen molar-refractivity contribution in [3.63, 3.8) is 0 Å². The van der Waals surface area contributed by atoms with Gasteiger partial charge >= 0.3 is 0 Å². The zero-order valence-corrected chi connectivity index (χ0v) is 22.3. The van der Waals surface area contributed by atoms with E-state index < -0.39 is 6.10 Å². The normalized spacial score (nSPS) is 12.1. The van der Waals surface area contributed by atoms with Crippen LogP contribution in [0.15, 0.2) is 84.9 Å². The number of hydrogen-bond acceptors (Lipinski definition) is 5. The molecule has 2 N–H and O–H groups in total. The summed E-state index contributed by atoms with van der Waals surface area (Å²) in [7, 11) is 0. The third-order valence-electron chi connectivity index (χ3n) is 6.38. The molecule has 3 rings (SSSR count). The van der Waals surface area contributed by atoms with Gasteiger partial charge in [0.1, 0.15) is 6.10 Å². The Labute approximate surface area is 230 Å². The van der Waals surface area contributed by atoms with Crippen LogP contribution in [-0.2, 0) is 27.4 Å². The number of nitriles is 1. The molecule has 7 nitrogen and oxygen atoms in total. The van der Waals surface area contributed by atoms with E-state index in [2.05, 4.69) is 10.6 Å². The SMILES string of the molecule is CC(CCC(=O)NCC(=O)C(CCc1ccccc1)OCc1ccccc1)CNC(=O)c1cccc(C#N)c1. The predicted octanol–water partition coefficient (Wildman–Crippen LogP) is 4.61. The van der Waals surface area contributed by atoms with E-state index >= 15 is 0 Å². The standard InChI is InChI=1S/C32H35N3O4/c1-24(21-35-32(38)28-14-8-13-27(19-28)20-33)15-18-31(37)34-22-29(36)30(17-16-25-9-4-2-5-10-25)39-23-26-11-6-3-7-12-26/h2-14,19,24,30H,15-18,21-23H2,1H3,(H,34,37)(H,35,38). The lowest BCUT2D eigenvalue weighted by Gasteiger charge is -2.18. The maximum absolute atomic E-state index is 13.0. The summed E-state index contributed by atoms with van der Waals surface area (Å²) in [4.78, 5) is 37.8. The molecule has 3 aromatic rings. The smallest absolute Gasteiger partial charge is 0.251 e. The van der Waals surface area contributed by atoms with Gasteiger partial charge in [0.2, 0.25) is 5.91 Å². The molecule has 7 heteroatoms. The van der Waals surface area contributed by atoms with Gasteiger partial charge in [-0.3, -0.25) is 14.4 Å². The second kappa shape index (κ2) is 15.9. The highest BCUT2D eigenvalue weighted by atomic mass is 16.5. The Morgan fingerprint density at radius 1 is 0.872 bits per heavy atom. The zero-order chi connectivity index (χ0) is 27.9. The molecule has 0 saturated heterocycles. The molecule has 0 aromatic heterocycles. The van der Waals surface area contributed by atoms with Crippen molar-refractivity contribution in [2.75, 3.05) is 13.1 Å². The van der Waals surface area contributed by atoms with E-state index in [9.17, 15) is 14.4 Å². The number of hydrogen-bond donors (Lipinski definition) is 2. The second-order valence-electron chi connectivity index (χ2n) is 9.60. The van der Waals surface area contributed by atoms with Crippen LogP contribution in [0.2, 0.25) is 0 Å². The Morgan fingerprint density at radius 2 is 1.56 bits per heavy atom. The maximum Gasteiger partial charge on any atom is 0.251 e. The highest BCUT2D eigenvalue weighted by Gasteiger charge is 2.20. The number of amides is 2. The molecule has 0 fully saturated rings. The molecule has 3 aromatic carbocycles. The number of aryl methyl sites for hydroxylation is 1. The molecule has 0 aliphatic carbocycles. The van der Waals surface area contributed by atoms with Crippen LogP contribution < -0.4 is 10.6 Å². The summed E-state index contributed by atoms with van der Waals surface area (Å²) < 4.78 is 5.99. The number of carbonyl (C=O) groups is 3. The molecule has 2 amide bonds. The minimum atomic E-state index is -0.626. The quantitative estimate of drug-likeness (QED) is 0.301. The Balaban J connectivity index is 1.42. The van der Waals surface area contributed by atoms with Gasteiger partial charge in [-0.2, -0.15) is 5.26 Å². The predicted molar refractivity (Wildman–Crippen MR) is 150 cm³/mol. The van der Waals surface area contributed by atoms with Crippen LogP contribution >= 0.6 is 0 Å². The van der Waals surface area contributed by atoms with Crippen LogP contribution in [0.5, 0.6) is 0 Å². The minimum absolute atomic E-state index is 0.0578. The maximum atomic E-state index is 13.0. The molecule has 0 saturated carbocycles. The summed E-state index contributed by atoms with van der Waals surface area (Å²) in [5.41, 5.74) is 2.96. The fraction of sp³-hybridized carbons (Fsp3) is 0.312. The summed E-state index contributed by atoms with van der Waals surface area (Å²) in [6, 6.07) is 28.2. The summed E-state index contributed by atoms with van der Waals surface area (Å²) >= 11 is 0. The third-order valence-corrected chi connectivity index (χ3v) is 6.38. The molecule has 0 aliphatic rings. The van der Waals surface area contributed by atoms with Crippen LogP contribution in [-0.4, -0.2) is 36.8 Å². The number of ether oxygens (including phenoxy) is 1. The lowest BCUT2D eigenvalue weighted by Crippen LogP contribution is -2.37. The van der Waals surface area contributed by atoms with E-state index in [4.69, 9.17) is 10.00 Å². The molecule has 0 aliphatic heterocycles. The van der Waals surface area contributed by atoms with Crippen molar-refractivity contribution in [3.8, 4) is 6.07 Å². The first-order valence-electron chi connectivity index (χ1n) is 13.2. The first kappa shape index (κ1) is 29.3. The van der Waals surface area contributed by atoms with E-state index in [1.165, 1.54) is 0 Å². The van der Waals surface area contributed by atoms with E-state index in [1.807, 2.05) is 73.7 Å². The number of nitrogens with one attached hydrogen (secondary N) is 2. The largest absolute Gasteiger partial charge is 0.366 e. The fourth-order valence-corrected chi connectivity index (χ4v) is 4.02. The molecule has 0 heterocycles. The van der Waals surface area contributed by atoms with Crippen LogP contribution in [0.3, 0.4) is 0 Å². The number of rotatable bonds is 15. The Morgan fingerprint density at radius 3 is 2.26 bits per heavy atom. The molecule has 2 unspecified atom stereocenters. The van der Waals surface area contributed by atoms with E-state index in [0.717, 1.165) is 11.1 Å². The highest BCUT2D eigenvalue weighted by molar-refractivity contribution is 5.94. The molecule has 0 radical (unpaired) electrons. The van der Waals surface area contributed by atoms with Gasteiger partial charge in [-0.25, -0.2) is 0 Å². The lowest BCUT2D eigenvalue weighted by molar-refractivity contribution is -0.133. The Kier molecular flexibility index (Phi) is 11.9. The average Bonchev–Trinajstić information content (AvgIpc) is 2.98. The van der Waals surface area contributed by atoms with Crippen LogP contribution in [0.4, 0.5) is 0 Å².